The number of aliphatic hydroxyl groups is 1. The number of ether oxygens (including phenoxy) is 1. The van der Waals surface area contributed by atoms with E-state index in [2.05, 4.69) is 5.32 Å². The fourth-order valence-electron chi connectivity index (χ4n) is 2.05. The van der Waals surface area contributed by atoms with Crippen molar-refractivity contribution in [3.8, 4) is 0 Å². The monoisotopic (exact) mass is 367 g/mol. The van der Waals surface area contributed by atoms with Crippen molar-refractivity contribution in [3.05, 3.63) is 65.7 Å². The summed E-state index contributed by atoms with van der Waals surface area (Å²) in [6, 6.07) is 11.9. The normalized spacial score (nSPS) is 13.6. The number of carbonyl (C=O) groups excluding carboxylic acids is 2. The van der Waals surface area contributed by atoms with Crippen molar-refractivity contribution < 1.29 is 32.6 Å². The molecule has 0 saturated carbocycles. The van der Waals surface area contributed by atoms with Crippen molar-refractivity contribution in [2.75, 3.05) is 5.32 Å². The van der Waals surface area contributed by atoms with E-state index in [1.807, 2.05) is 0 Å². The Hall–Kier alpha value is -2.87. The van der Waals surface area contributed by atoms with Crippen molar-refractivity contribution in [2.45, 2.75) is 25.3 Å². The summed E-state index contributed by atoms with van der Waals surface area (Å²) < 4.78 is 42.4. The predicted octanol–water partition coefficient (Wildman–Crippen LogP) is 3.31. The Balaban J connectivity index is 1.94. The molecule has 0 bridgehead atoms. The molecule has 0 aliphatic rings. The number of benzene rings is 2. The predicted molar refractivity (Wildman–Crippen MR) is 87.0 cm³/mol. The molecule has 0 aromatic heterocycles. The van der Waals surface area contributed by atoms with Crippen LogP contribution in [0.1, 0.15) is 24.2 Å². The van der Waals surface area contributed by atoms with Crippen LogP contribution in [-0.2, 0) is 20.5 Å². The second-order valence-electron chi connectivity index (χ2n) is 5.46. The van der Waals surface area contributed by atoms with Crippen LogP contribution in [0.5, 0.6) is 0 Å². The molecule has 0 heterocycles. The van der Waals surface area contributed by atoms with Gasteiger partial charge >= 0.3 is 12.1 Å². The molecule has 26 heavy (non-hydrogen) atoms. The fourth-order valence-corrected chi connectivity index (χ4v) is 2.05. The lowest BCUT2D eigenvalue weighted by molar-refractivity contribution is -0.162. The minimum Gasteiger partial charge on any atom is -0.450 e. The zero-order chi connectivity index (χ0) is 19.3. The molecule has 1 amide bonds. The van der Waals surface area contributed by atoms with E-state index in [9.17, 15) is 27.9 Å². The zero-order valence-corrected chi connectivity index (χ0v) is 13.7. The summed E-state index contributed by atoms with van der Waals surface area (Å²) in [4.78, 5) is 23.9. The van der Waals surface area contributed by atoms with Gasteiger partial charge in [0.25, 0.3) is 5.91 Å². The second-order valence-corrected chi connectivity index (χ2v) is 5.46. The Morgan fingerprint density at radius 3 is 2.15 bits per heavy atom. The Kier molecular flexibility index (Phi) is 5.99. The van der Waals surface area contributed by atoms with Gasteiger partial charge in [0, 0.05) is 5.69 Å². The number of esters is 1. The van der Waals surface area contributed by atoms with Crippen molar-refractivity contribution in [3.63, 3.8) is 0 Å². The first-order chi connectivity index (χ1) is 12.2. The van der Waals surface area contributed by atoms with Crippen molar-refractivity contribution in [2.24, 2.45) is 0 Å². The van der Waals surface area contributed by atoms with E-state index >= 15 is 0 Å². The van der Waals surface area contributed by atoms with Crippen molar-refractivity contribution in [1.29, 1.82) is 0 Å². The lowest BCUT2D eigenvalue weighted by Crippen LogP contribution is -2.31. The van der Waals surface area contributed by atoms with Gasteiger partial charge < -0.3 is 15.2 Å². The Morgan fingerprint density at radius 1 is 1.04 bits per heavy atom. The molecule has 0 saturated heterocycles. The van der Waals surface area contributed by atoms with E-state index in [1.54, 1.807) is 18.2 Å². The minimum absolute atomic E-state index is 0.120. The molecule has 8 heteroatoms. The van der Waals surface area contributed by atoms with E-state index in [4.69, 9.17) is 4.74 Å². The molecule has 5 nitrogen and oxygen atoms in total. The molecule has 2 rings (SSSR count). The standard InChI is InChI=1S/C18H16F3NO4/c1-11(26-17(25)15(23)12-5-3-2-4-6-12)16(24)22-14-9-7-13(8-10-14)18(19,20)21/h2-11,15,23H,1H3,(H,22,24)/t11-,15+/m0/s1. The summed E-state index contributed by atoms with van der Waals surface area (Å²) in [5.41, 5.74) is -0.414. The first kappa shape index (κ1) is 19.5. The molecule has 0 aliphatic heterocycles. The molecule has 2 aromatic carbocycles. The van der Waals surface area contributed by atoms with Crippen LogP contribution in [0.2, 0.25) is 0 Å². The highest BCUT2D eigenvalue weighted by Crippen LogP contribution is 2.29. The molecule has 0 unspecified atom stereocenters. The number of anilines is 1. The molecule has 138 valence electrons. The molecule has 2 aromatic rings. The number of carbonyl (C=O) groups is 2. The van der Waals surface area contributed by atoms with Crippen LogP contribution in [0.3, 0.4) is 0 Å². The third kappa shape index (κ3) is 5.06. The average molecular weight is 367 g/mol. The van der Waals surface area contributed by atoms with E-state index in [0.29, 0.717) is 5.56 Å². The van der Waals surface area contributed by atoms with Crippen LogP contribution < -0.4 is 5.32 Å². The van der Waals surface area contributed by atoms with Crippen molar-refractivity contribution in [1.82, 2.24) is 0 Å². The number of alkyl halides is 3. The minimum atomic E-state index is -4.47. The molecular formula is C18H16F3NO4. The van der Waals surface area contributed by atoms with Crippen LogP contribution in [0.25, 0.3) is 0 Å². The van der Waals surface area contributed by atoms with E-state index < -0.39 is 35.8 Å². The molecular weight excluding hydrogens is 351 g/mol. The van der Waals surface area contributed by atoms with Gasteiger partial charge in [0.15, 0.2) is 12.2 Å². The van der Waals surface area contributed by atoms with Crippen LogP contribution in [0, 0.1) is 0 Å². The third-order valence-corrected chi connectivity index (χ3v) is 3.48. The number of aliphatic hydroxyl groups excluding tert-OH is 1. The van der Waals surface area contributed by atoms with E-state index in [-0.39, 0.29) is 5.69 Å². The summed E-state index contributed by atoms with van der Waals surface area (Å²) in [7, 11) is 0. The first-order valence-electron chi connectivity index (χ1n) is 7.60. The smallest absolute Gasteiger partial charge is 0.416 e. The van der Waals surface area contributed by atoms with Gasteiger partial charge in [-0.3, -0.25) is 4.79 Å². The molecule has 2 N–H and O–H groups in total. The van der Waals surface area contributed by atoms with Crippen LogP contribution in [-0.4, -0.2) is 23.1 Å². The Bertz CT molecular complexity index is 760. The average Bonchev–Trinajstić information content (AvgIpc) is 2.61. The SMILES string of the molecule is C[C@H](OC(=O)[C@H](O)c1ccccc1)C(=O)Nc1ccc(C(F)(F)F)cc1. The molecule has 2 atom stereocenters. The van der Waals surface area contributed by atoms with E-state index in [0.717, 1.165) is 24.3 Å². The van der Waals surface area contributed by atoms with Gasteiger partial charge in [-0.05, 0) is 36.8 Å². The molecule has 0 spiro atoms. The second kappa shape index (κ2) is 8.01. The summed E-state index contributed by atoms with van der Waals surface area (Å²) in [6.07, 6.45) is -7.26. The molecule has 0 radical (unpaired) electrons. The lowest BCUT2D eigenvalue weighted by Gasteiger charge is -2.16. The van der Waals surface area contributed by atoms with Gasteiger partial charge in [0.1, 0.15) is 0 Å². The maximum Gasteiger partial charge on any atom is 0.416 e. The topological polar surface area (TPSA) is 75.6 Å². The summed E-state index contributed by atoms with van der Waals surface area (Å²) in [5, 5.41) is 12.2. The van der Waals surface area contributed by atoms with Gasteiger partial charge in [0.05, 0.1) is 5.56 Å². The summed E-state index contributed by atoms with van der Waals surface area (Å²) >= 11 is 0. The highest BCUT2D eigenvalue weighted by molar-refractivity contribution is 5.95. The zero-order valence-electron chi connectivity index (χ0n) is 13.7. The number of hydrogen-bond acceptors (Lipinski definition) is 4. The highest BCUT2D eigenvalue weighted by atomic mass is 19.4. The Morgan fingerprint density at radius 2 is 1.62 bits per heavy atom. The van der Waals surface area contributed by atoms with Gasteiger partial charge in [-0.2, -0.15) is 13.2 Å². The summed E-state index contributed by atoms with van der Waals surface area (Å²) in [6.45, 7) is 1.29. The van der Waals surface area contributed by atoms with Gasteiger partial charge in [-0.15, -0.1) is 0 Å². The third-order valence-electron chi connectivity index (χ3n) is 3.48. The van der Waals surface area contributed by atoms with Crippen LogP contribution in [0.15, 0.2) is 54.6 Å². The van der Waals surface area contributed by atoms with Crippen molar-refractivity contribution >= 4 is 17.6 Å². The van der Waals surface area contributed by atoms with Gasteiger partial charge in [0.2, 0.25) is 0 Å². The lowest BCUT2D eigenvalue weighted by atomic mass is 10.1. The van der Waals surface area contributed by atoms with Crippen LogP contribution >= 0.6 is 0 Å². The largest absolute Gasteiger partial charge is 0.450 e. The molecule has 0 aliphatic carbocycles. The number of hydrogen-bond donors (Lipinski definition) is 2. The maximum absolute atomic E-state index is 12.5. The number of nitrogens with one attached hydrogen (secondary N) is 1. The summed E-state index contributed by atoms with van der Waals surface area (Å²) in [5.74, 6) is -1.75. The van der Waals surface area contributed by atoms with Gasteiger partial charge in [-0.25, -0.2) is 4.79 Å². The number of rotatable bonds is 5. The van der Waals surface area contributed by atoms with Crippen LogP contribution in [0.4, 0.5) is 18.9 Å². The Labute approximate surface area is 147 Å². The fraction of sp³-hybridized carbons (Fsp3) is 0.222. The quantitative estimate of drug-likeness (QED) is 0.795. The maximum atomic E-state index is 12.5. The number of halogens is 3. The first-order valence-corrected chi connectivity index (χ1v) is 7.60. The number of amides is 1. The highest BCUT2D eigenvalue weighted by Gasteiger charge is 2.30. The van der Waals surface area contributed by atoms with E-state index in [1.165, 1.54) is 19.1 Å². The molecule has 0 fully saturated rings. The van der Waals surface area contributed by atoms with Gasteiger partial charge in [-0.1, -0.05) is 30.3 Å².